The summed E-state index contributed by atoms with van der Waals surface area (Å²) in [6, 6.07) is 4.73. The molecule has 0 spiro atoms. The van der Waals surface area contributed by atoms with Gasteiger partial charge in [-0.1, -0.05) is 6.07 Å². The zero-order valence-corrected chi connectivity index (χ0v) is 11.9. The summed E-state index contributed by atoms with van der Waals surface area (Å²) in [5.41, 5.74) is 4.35. The van der Waals surface area contributed by atoms with Crippen molar-refractivity contribution < 1.29 is 12.3 Å². The quantitative estimate of drug-likeness (QED) is 0.587. The van der Waals surface area contributed by atoms with Gasteiger partial charge in [0.15, 0.2) is 0 Å². The number of carbonyl (C=O) groups is 2. The monoisotopic (exact) mass is 302 g/mol. The van der Waals surface area contributed by atoms with Crippen molar-refractivity contribution in [3.63, 3.8) is 0 Å². The number of imide groups is 1. The van der Waals surface area contributed by atoms with Crippen LogP contribution in [0.2, 0.25) is 0 Å². The van der Waals surface area contributed by atoms with Crippen LogP contribution in [0, 0.1) is 6.88 Å². The van der Waals surface area contributed by atoms with E-state index >= 15 is 0 Å². The van der Waals surface area contributed by atoms with Gasteiger partial charge in [-0.15, -0.1) is 0 Å². The maximum atomic E-state index is 13.0. The number of nitrogens with zero attached hydrogens (tertiary/aromatic N) is 2. The maximum absolute atomic E-state index is 13.0. The predicted molar refractivity (Wildman–Crippen MR) is 81.2 cm³/mol. The van der Waals surface area contributed by atoms with E-state index in [0.29, 0.717) is 0 Å². The molecule has 1 aliphatic heterocycles. The topological polar surface area (TPSA) is 107 Å². The average Bonchev–Trinajstić information content (AvgIpc) is 2.51. The van der Waals surface area contributed by atoms with Gasteiger partial charge >= 0.3 is 0 Å². The standard InChI is InChI=1S/C15H16N4O3/c1-8-17-10-5-3-4-9(16)12(10)13(21)19(8)15(2)7-6-11(20)18-14(15)22/h3-5H,6-7,16H2,1-2H3,(H,18,20,22)/i1D2. The van der Waals surface area contributed by atoms with Gasteiger partial charge in [0.2, 0.25) is 5.91 Å². The molecule has 114 valence electrons. The lowest BCUT2D eigenvalue weighted by Crippen LogP contribution is -2.56. The molecule has 0 saturated carbocycles. The Morgan fingerprint density at radius 3 is 2.86 bits per heavy atom. The van der Waals surface area contributed by atoms with Crippen molar-refractivity contribution in [2.45, 2.75) is 32.2 Å². The van der Waals surface area contributed by atoms with Crippen LogP contribution in [0.1, 0.15) is 28.3 Å². The van der Waals surface area contributed by atoms with Crippen LogP contribution in [0.4, 0.5) is 5.69 Å². The van der Waals surface area contributed by atoms with Crippen molar-refractivity contribution >= 4 is 28.4 Å². The van der Waals surface area contributed by atoms with Gasteiger partial charge in [0.25, 0.3) is 11.5 Å². The van der Waals surface area contributed by atoms with Crippen molar-refractivity contribution in [2.75, 3.05) is 5.73 Å². The van der Waals surface area contributed by atoms with E-state index in [1.165, 1.54) is 6.92 Å². The number of rotatable bonds is 1. The molecule has 0 radical (unpaired) electrons. The summed E-state index contributed by atoms with van der Waals surface area (Å²) in [6.45, 7) is -0.0832. The molecule has 2 aromatic rings. The summed E-state index contributed by atoms with van der Waals surface area (Å²) in [7, 11) is 0. The van der Waals surface area contributed by atoms with Crippen molar-refractivity contribution in [1.82, 2.24) is 14.9 Å². The number of anilines is 1. The molecule has 0 bridgehead atoms. The Morgan fingerprint density at radius 1 is 1.41 bits per heavy atom. The van der Waals surface area contributed by atoms with E-state index in [1.807, 2.05) is 0 Å². The summed E-state index contributed by atoms with van der Waals surface area (Å²) in [4.78, 5) is 41.1. The Kier molecular flexibility index (Phi) is 2.52. The molecule has 1 unspecified atom stereocenters. The van der Waals surface area contributed by atoms with Crippen LogP contribution in [-0.4, -0.2) is 21.4 Å². The van der Waals surface area contributed by atoms with Crippen LogP contribution in [-0.2, 0) is 15.1 Å². The van der Waals surface area contributed by atoms with E-state index in [9.17, 15) is 14.4 Å². The highest BCUT2D eigenvalue weighted by Crippen LogP contribution is 2.27. The lowest BCUT2D eigenvalue weighted by Gasteiger charge is -2.34. The number of benzene rings is 1. The molecule has 1 aromatic heterocycles. The van der Waals surface area contributed by atoms with E-state index in [-0.39, 0.29) is 35.3 Å². The second-order valence-corrected chi connectivity index (χ2v) is 5.50. The zero-order chi connectivity index (χ0) is 17.6. The zero-order valence-electron chi connectivity index (χ0n) is 13.9. The number of piperidine rings is 1. The number of nitrogens with two attached hydrogens (primary N) is 1. The van der Waals surface area contributed by atoms with Crippen LogP contribution >= 0.6 is 0 Å². The fourth-order valence-corrected chi connectivity index (χ4v) is 2.76. The minimum Gasteiger partial charge on any atom is -0.398 e. The fourth-order valence-electron chi connectivity index (χ4n) is 2.76. The minimum atomic E-state index is -1.58. The smallest absolute Gasteiger partial charge is 0.264 e. The van der Waals surface area contributed by atoms with Crippen molar-refractivity contribution in [3.05, 3.63) is 34.4 Å². The fraction of sp³-hybridized carbons (Fsp3) is 0.333. The summed E-state index contributed by atoms with van der Waals surface area (Å²) in [5.74, 6) is -1.24. The number of carbonyl (C=O) groups excluding carboxylic acids is 2. The van der Waals surface area contributed by atoms with Gasteiger partial charge < -0.3 is 5.73 Å². The van der Waals surface area contributed by atoms with Crippen molar-refractivity contribution in [3.8, 4) is 0 Å². The molecule has 1 atom stereocenters. The lowest BCUT2D eigenvalue weighted by molar-refractivity contribution is -0.140. The molecule has 7 nitrogen and oxygen atoms in total. The molecule has 7 heteroatoms. The van der Waals surface area contributed by atoms with Gasteiger partial charge in [-0.3, -0.25) is 24.3 Å². The molecule has 3 rings (SSSR count). The van der Waals surface area contributed by atoms with Crippen molar-refractivity contribution in [1.29, 1.82) is 0 Å². The summed E-state index contributed by atoms with van der Waals surface area (Å²) < 4.78 is 16.5. The second-order valence-electron chi connectivity index (χ2n) is 5.50. The Morgan fingerprint density at radius 2 is 2.18 bits per heavy atom. The molecule has 1 saturated heterocycles. The number of amides is 2. The van der Waals surface area contributed by atoms with Crippen LogP contribution in [0.3, 0.4) is 0 Å². The highest BCUT2D eigenvalue weighted by atomic mass is 16.2. The number of nitrogen functional groups attached to an aromatic ring is 1. The number of hydrogen-bond donors (Lipinski definition) is 2. The Bertz CT molecular complexity index is 925. The normalized spacial score (nSPS) is 23.4. The summed E-state index contributed by atoms with van der Waals surface area (Å²) >= 11 is 0. The second kappa shape index (κ2) is 4.66. The first-order valence-corrected chi connectivity index (χ1v) is 6.76. The lowest BCUT2D eigenvalue weighted by atomic mass is 9.90. The summed E-state index contributed by atoms with van der Waals surface area (Å²) in [6.07, 6.45) is 0.133. The minimum absolute atomic E-state index is 0.0527. The Balaban J connectivity index is 2.38. The molecule has 0 aliphatic carbocycles. The number of nitrogens with one attached hydrogen (secondary N) is 1. The molecular formula is C15H16N4O3. The Labute approximate surface area is 128 Å². The molecule has 1 fully saturated rings. The van der Waals surface area contributed by atoms with E-state index < -0.39 is 29.8 Å². The Hall–Kier alpha value is -2.70. The van der Waals surface area contributed by atoms with Gasteiger partial charge in [0.05, 0.1) is 10.9 Å². The first-order chi connectivity index (χ1) is 11.3. The number of fused-ring (bicyclic) bond motifs is 1. The van der Waals surface area contributed by atoms with Gasteiger partial charge in [-0.05, 0) is 32.4 Å². The maximum Gasteiger partial charge on any atom is 0.264 e. The molecule has 3 N–H and O–H groups in total. The SMILES string of the molecule is [2H]C([2H])c1nc2cccc(N)c2c(=O)n1C1(C)CCC(=O)NC1=O. The van der Waals surface area contributed by atoms with Gasteiger partial charge in [0, 0.05) is 14.8 Å². The number of aryl methyl sites for hydroxylation is 1. The van der Waals surface area contributed by atoms with Gasteiger partial charge in [-0.2, -0.15) is 0 Å². The van der Waals surface area contributed by atoms with Gasteiger partial charge in [0.1, 0.15) is 11.4 Å². The molecular weight excluding hydrogens is 284 g/mol. The summed E-state index contributed by atoms with van der Waals surface area (Å²) in [5, 5.41) is 2.34. The first kappa shape index (κ1) is 11.9. The van der Waals surface area contributed by atoms with Crippen LogP contribution in [0.15, 0.2) is 23.0 Å². The van der Waals surface area contributed by atoms with E-state index in [1.54, 1.807) is 18.2 Å². The van der Waals surface area contributed by atoms with E-state index in [0.717, 1.165) is 4.57 Å². The third kappa shape index (κ3) is 1.89. The third-order valence-electron chi connectivity index (χ3n) is 4.03. The number of hydrogen-bond acceptors (Lipinski definition) is 5. The highest BCUT2D eigenvalue weighted by Gasteiger charge is 2.42. The van der Waals surface area contributed by atoms with Crippen LogP contribution < -0.4 is 16.6 Å². The van der Waals surface area contributed by atoms with Crippen LogP contribution in [0.5, 0.6) is 0 Å². The van der Waals surface area contributed by atoms with Crippen molar-refractivity contribution in [2.24, 2.45) is 0 Å². The molecule has 1 aromatic carbocycles. The van der Waals surface area contributed by atoms with E-state index in [2.05, 4.69) is 10.3 Å². The van der Waals surface area contributed by atoms with E-state index in [4.69, 9.17) is 8.48 Å². The molecule has 2 heterocycles. The largest absolute Gasteiger partial charge is 0.398 e. The molecule has 2 amide bonds. The number of aromatic nitrogens is 2. The molecule has 22 heavy (non-hydrogen) atoms. The third-order valence-corrected chi connectivity index (χ3v) is 4.03. The highest BCUT2D eigenvalue weighted by molar-refractivity contribution is 6.01. The van der Waals surface area contributed by atoms with Crippen LogP contribution in [0.25, 0.3) is 10.9 Å². The average molecular weight is 302 g/mol. The predicted octanol–water partition coefficient (Wildman–Crippen LogP) is 0.439. The molecule has 1 aliphatic rings. The van der Waals surface area contributed by atoms with Gasteiger partial charge in [-0.25, -0.2) is 4.98 Å². The first-order valence-electron chi connectivity index (χ1n) is 7.91.